The number of alkyl halides is 2. The molecule has 0 atom stereocenters. The molecule has 0 aliphatic carbocycles. The fourth-order valence-corrected chi connectivity index (χ4v) is 3.40. The van der Waals surface area contributed by atoms with Gasteiger partial charge in [-0.15, -0.1) is 0 Å². The molecule has 5 nitrogen and oxygen atoms in total. The fraction of sp³-hybridized carbons (Fsp3) is 0.273. The number of hydrogen-bond acceptors (Lipinski definition) is 3. The van der Waals surface area contributed by atoms with Gasteiger partial charge in [-0.2, -0.15) is 8.78 Å². The van der Waals surface area contributed by atoms with Gasteiger partial charge in [0.15, 0.2) is 0 Å². The van der Waals surface area contributed by atoms with E-state index in [-0.39, 0.29) is 36.3 Å². The molecule has 2 amide bonds. The second-order valence-corrected chi connectivity index (χ2v) is 7.64. The Morgan fingerprint density at radius 2 is 1.81 bits per heavy atom. The highest BCUT2D eigenvalue weighted by molar-refractivity contribution is 6.57. The molecule has 0 fully saturated rings. The first-order valence-corrected chi connectivity index (χ1v) is 9.92. The molecule has 1 aliphatic rings. The summed E-state index contributed by atoms with van der Waals surface area (Å²) in [6.07, 6.45) is 1.72. The maximum Gasteiger partial charge on any atom is 0.352 e. The highest BCUT2D eigenvalue weighted by Gasteiger charge is 2.46. The van der Waals surface area contributed by atoms with Crippen LogP contribution in [-0.2, 0) is 10.7 Å². The summed E-state index contributed by atoms with van der Waals surface area (Å²) in [4.78, 5) is 25.8. The SMILES string of the molecule is CB(O)C1=CCN(C(=O)C(F)(F)c2cc(C(=O)Nc3ccc(F)c(C)c3)ccc2F)CC1. The smallest absolute Gasteiger partial charge is 0.352 e. The lowest BCUT2D eigenvalue weighted by Crippen LogP contribution is -2.45. The van der Waals surface area contributed by atoms with Crippen molar-refractivity contribution in [2.24, 2.45) is 0 Å². The summed E-state index contributed by atoms with van der Waals surface area (Å²) < 4.78 is 57.6. The van der Waals surface area contributed by atoms with E-state index < -0.39 is 41.9 Å². The molecule has 0 radical (unpaired) electrons. The lowest BCUT2D eigenvalue weighted by Gasteiger charge is -2.30. The van der Waals surface area contributed by atoms with Crippen LogP contribution < -0.4 is 5.32 Å². The second kappa shape index (κ2) is 9.16. The number of carbonyl (C=O) groups is 2. The molecule has 1 aliphatic heterocycles. The molecular formula is C22H21BF4N2O3. The van der Waals surface area contributed by atoms with E-state index in [1.807, 2.05) is 0 Å². The topological polar surface area (TPSA) is 69.6 Å². The Hall–Kier alpha value is -3.14. The quantitative estimate of drug-likeness (QED) is 0.538. The van der Waals surface area contributed by atoms with Crippen LogP contribution in [0, 0.1) is 18.6 Å². The zero-order valence-corrected chi connectivity index (χ0v) is 17.5. The molecule has 3 rings (SSSR count). The number of carbonyl (C=O) groups excluding carboxylic acids is 2. The summed E-state index contributed by atoms with van der Waals surface area (Å²) in [5.41, 5.74) is -0.356. The van der Waals surface area contributed by atoms with Crippen molar-refractivity contribution in [2.45, 2.75) is 26.1 Å². The van der Waals surface area contributed by atoms with Crippen LogP contribution in [0.5, 0.6) is 0 Å². The lowest BCUT2D eigenvalue weighted by molar-refractivity contribution is -0.159. The van der Waals surface area contributed by atoms with E-state index in [1.54, 1.807) is 0 Å². The Kier molecular flexibility index (Phi) is 6.73. The molecule has 0 aromatic heterocycles. The van der Waals surface area contributed by atoms with Gasteiger partial charge in [0.25, 0.3) is 11.8 Å². The van der Waals surface area contributed by atoms with Crippen LogP contribution in [0.25, 0.3) is 0 Å². The Morgan fingerprint density at radius 3 is 2.41 bits per heavy atom. The number of anilines is 1. The molecule has 168 valence electrons. The van der Waals surface area contributed by atoms with Gasteiger partial charge in [-0.3, -0.25) is 9.59 Å². The van der Waals surface area contributed by atoms with Gasteiger partial charge in [0, 0.05) is 24.3 Å². The number of benzene rings is 2. The van der Waals surface area contributed by atoms with Crippen LogP contribution in [0.3, 0.4) is 0 Å². The summed E-state index contributed by atoms with van der Waals surface area (Å²) in [6.45, 7) is 2.10. The minimum Gasteiger partial charge on any atom is -0.447 e. The molecule has 2 N–H and O–H groups in total. The maximum atomic E-state index is 14.9. The van der Waals surface area contributed by atoms with E-state index in [0.717, 1.165) is 17.0 Å². The van der Waals surface area contributed by atoms with Gasteiger partial charge in [0.1, 0.15) is 11.6 Å². The van der Waals surface area contributed by atoms with Gasteiger partial charge in [-0.25, -0.2) is 8.78 Å². The van der Waals surface area contributed by atoms with Crippen LogP contribution in [0.2, 0.25) is 6.82 Å². The highest BCUT2D eigenvalue weighted by Crippen LogP contribution is 2.34. The Labute approximate surface area is 182 Å². The van der Waals surface area contributed by atoms with Gasteiger partial charge in [-0.05, 0) is 55.3 Å². The zero-order chi connectivity index (χ0) is 23.6. The fourth-order valence-electron chi connectivity index (χ4n) is 3.40. The van der Waals surface area contributed by atoms with Crippen LogP contribution in [0.4, 0.5) is 23.2 Å². The van der Waals surface area contributed by atoms with Gasteiger partial charge in [0.2, 0.25) is 0 Å². The van der Waals surface area contributed by atoms with Crippen LogP contribution >= 0.6 is 0 Å². The third-order valence-electron chi connectivity index (χ3n) is 5.32. The highest BCUT2D eigenvalue weighted by atomic mass is 19.3. The summed E-state index contributed by atoms with van der Waals surface area (Å²) >= 11 is 0. The van der Waals surface area contributed by atoms with E-state index in [2.05, 4.69) is 5.32 Å². The number of nitrogens with zero attached hydrogens (tertiary/aromatic N) is 1. The predicted molar refractivity (Wildman–Crippen MR) is 113 cm³/mol. The van der Waals surface area contributed by atoms with Crippen molar-refractivity contribution in [3.63, 3.8) is 0 Å². The Bertz CT molecular complexity index is 1090. The summed E-state index contributed by atoms with van der Waals surface area (Å²) in [6, 6.07) is 6.16. The first-order chi connectivity index (χ1) is 15.0. The third kappa shape index (κ3) is 4.85. The molecule has 0 unspecified atom stereocenters. The van der Waals surface area contributed by atoms with E-state index in [9.17, 15) is 32.2 Å². The summed E-state index contributed by atoms with van der Waals surface area (Å²) in [5.74, 6) is -8.41. The van der Waals surface area contributed by atoms with Gasteiger partial charge in [-0.1, -0.05) is 18.4 Å². The van der Waals surface area contributed by atoms with Crippen molar-refractivity contribution in [1.29, 1.82) is 0 Å². The van der Waals surface area contributed by atoms with Crippen molar-refractivity contribution in [3.8, 4) is 0 Å². The first kappa shape index (κ1) is 23.5. The lowest BCUT2D eigenvalue weighted by atomic mass is 9.61. The van der Waals surface area contributed by atoms with Gasteiger partial charge < -0.3 is 15.2 Å². The third-order valence-corrected chi connectivity index (χ3v) is 5.32. The molecule has 0 saturated carbocycles. The number of rotatable bonds is 5. The number of halogens is 4. The first-order valence-electron chi connectivity index (χ1n) is 9.92. The molecule has 0 spiro atoms. The van der Waals surface area contributed by atoms with E-state index >= 15 is 0 Å². The zero-order valence-electron chi connectivity index (χ0n) is 17.5. The van der Waals surface area contributed by atoms with Gasteiger partial charge in [0.05, 0.1) is 5.56 Å². The molecule has 0 bridgehead atoms. The average molecular weight is 448 g/mol. The summed E-state index contributed by atoms with van der Waals surface area (Å²) in [5, 5.41) is 12.0. The standard InChI is InChI=1S/C22H21BF4N2O3/c1-13-11-16(4-6-18(13)24)28-20(30)14-3-5-19(25)17(12-14)22(26,27)21(31)29-9-7-15(8-10-29)23(2)32/h3-7,11-12,32H,8-10H2,1-2H3,(H,28,30). The van der Waals surface area contributed by atoms with Crippen LogP contribution in [-0.4, -0.2) is 41.7 Å². The summed E-state index contributed by atoms with van der Waals surface area (Å²) in [7, 11) is 0. The average Bonchev–Trinajstić information content (AvgIpc) is 2.76. The van der Waals surface area contributed by atoms with E-state index in [4.69, 9.17) is 0 Å². The predicted octanol–water partition coefficient (Wildman–Crippen LogP) is 3.93. The largest absolute Gasteiger partial charge is 0.447 e. The van der Waals surface area contributed by atoms with Crippen molar-refractivity contribution < 1.29 is 32.2 Å². The monoisotopic (exact) mass is 448 g/mol. The van der Waals surface area contributed by atoms with Crippen molar-refractivity contribution >= 4 is 24.4 Å². The molecule has 2 aromatic carbocycles. The number of nitrogens with one attached hydrogen (secondary N) is 1. The molecule has 0 saturated heterocycles. The minimum absolute atomic E-state index is 0.0448. The molecule has 1 heterocycles. The van der Waals surface area contributed by atoms with Crippen LogP contribution in [0.15, 0.2) is 47.9 Å². The van der Waals surface area contributed by atoms with Crippen molar-refractivity contribution in [2.75, 3.05) is 18.4 Å². The van der Waals surface area contributed by atoms with Gasteiger partial charge >= 0.3 is 12.8 Å². The van der Waals surface area contributed by atoms with Crippen molar-refractivity contribution in [1.82, 2.24) is 4.90 Å². The maximum absolute atomic E-state index is 14.9. The normalized spacial score (nSPS) is 14.1. The van der Waals surface area contributed by atoms with Crippen molar-refractivity contribution in [3.05, 3.63) is 76.3 Å². The molecule has 10 heteroatoms. The minimum atomic E-state index is -4.21. The molecule has 32 heavy (non-hydrogen) atoms. The Balaban J connectivity index is 1.82. The number of aryl methyl sites for hydroxylation is 1. The van der Waals surface area contributed by atoms with E-state index in [0.29, 0.717) is 17.6 Å². The molecular weight excluding hydrogens is 427 g/mol. The number of amides is 2. The Morgan fingerprint density at radius 1 is 1.12 bits per heavy atom. The second-order valence-electron chi connectivity index (χ2n) is 7.64. The number of hydrogen-bond donors (Lipinski definition) is 2. The molecule has 2 aromatic rings. The van der Waals surface area contributed by atoms with Crippen LogP contribution in [0.1, 0.15) is 27.9 Å². The van der Waals surface area contributed by atoms with E-state index in [1.165, 1.54) is 32.0 Å².